The molecule has 0 atom stereocenters. The summed E-state index contributed by atoms with van der Waals surface area (Å²) in [7, 11) is 1.56. The highest BCUT2D eigenvalue weighted by Crippen LogP contribution is 2.44. The van der Waals surface area contributed by atoms with Crippen LogP contribution < -0.4 is 4.74 Å². The molecule has 110 valence electrons. The third kappa shape index (κ3) is 2.76. The molecule has 1 heterocycles. The normalized spacial score (nSPS) is 25.5. The minimum absolute atomic E-state index is 0.429. The van der Waals surface area contributed by atoms with Gasteiger partial charge in [-0.3, -0.25) is 4.98 Å². The van der Waals surface area contributed by atoms with Gasteiger partial charge in [0.25, 0.3) is 0 Å². The maximum atomic E-state index is 10.9. The quantitative estimate of drug-likeness (QED) is 0.941. The summed E-state index contributed by atoms with van der Waals surface area (Å²) in [5.41, 5.74) is 0.995. The summed E-state index contributed by atoms with van der Waals surface area (Å²) in [4.78, 5) is 8.46. The van der Waals surface area contributed by atoms with Gasteiger partial charge >= 0.3 is 0 Å². The second-order valence-electron chi connectivity index (χ2n) is 5.63. The smallest absolute Gasteiger partial charge is 0.238 e. The number of hydrogen-bond donors (Lipinski definition) is 1. The predicted octanol–water partition coefficient (Wildman–Crippen LogP) is 3.03. The first-order chi connectivity index (χ1) is 10.2. The Hall–Kier alpha value is -1.94. The number of benzene rings is 1. The topological polar surface area (TPSA) is 55.2 Å². The average Bonchev–Trinajstić information content (AvgIpc) is 2.56. The summed E-state index contributed by atoms with van der Waals surface area (Å²) in [6, 6.07) is 10.5. The van der Waals surface area contributed by atoms with Gasteiger partial charge in [0.1, 0.15) is 11.3 Å². The van der Waals surface area contributed by atoms with Gasteiger partial charge in [0, 0.05) is 12.4 Å². The Balaban J connectivity index is 1.78. The monoisotopic (exact) mass is 284 g/mol. The molecule has 1 aliphatic carbocycles. The van der Waals surface area contributed by atoms with Crippen LogP contribution >= 0.6 is 0 Å². The zero-order valence-corrected chi connectivity index (χ0v) is 12.2. The van der Waals surface area contributed by atoms with Crippen molar-refractivity contribution in [3.63, 3.8) is 0 Å². The van der Waals surface area contributed by atoms with Gasteiger partial charge in [-0.25, -0.2) is 4.98 Å². The van der Waals surface area contributed by atoms with Crippen LogP contribution in [0.25, 0.3) is 0 Å². The molecule has 0 amide bonds. The van der Waals surface area contributed by atoms with Crippen LogP contribution in [0, 0.1) is 0 Å². The first kappa shape index (κ1) is 14.0. The van der Waals surface area contributed by atoms with Crippen molar-refractivity contribution in [2.24, 2.45) is 0 Å². The van der Waals surface area contributed by atoms with Gasteiger partial charge in [0.05, 0.1) is 7.11 Å². The van der Waals surface area contributed by atoms with Gasteiger partial charge in [-0.05, 0) is 37.2 Å². The van der Waals surface area contributed by atoms with Gasteiger partial charge in [0.2, 0.25) is 5.88 Å². The van der Waals surface area contributed by atoms with Crippen LogP contribution in [0.3, 0.4) is 0 Å². The van der Waals surface area contributed by atoms with Crippen molar-refractivity contribution in [1.82, 2.24) is 9.97 Å². The fraction of sp³-hybridized carbons (Fsp3) is 0.412. The summed E-state index contributed by atoms with van der Waals surface area (Å²) in [5, 5.41) is 10.9. The molecule has 1 saturated carbocycles. The second-order valence-corrected chi connectivity index (χ2v) is 5.63. The highest BCUT2D eigenvalue weighted by molar-refractivity contribution is 5.27. The highest BCUT2D eigenvalue weighted by Gasteiger charge is 2.39. The van der Waals surface area contributed by atoms with Crippen LogP contribution in [-0.2, 0) is 5.60 Å². The van der Waals surface area contributed by atoms with E-state index < -0.39 is 5.60 Å². The van der Waals surface area contributed by atoms with E-state index in [2.05, 4.69) is 34.2 Å². The minimum Gasteiger partial charge on any atom is -0.480 e. The van der Waals surface area contributed by atoms with Crippen molar-refractivity contribution in [3.05, 3.63) is 54.0 Å². The van der Waals surface area contributed by atoms with Gasteiger partial charge in [-0.15, -0.1) is 0 Å². The van der Waals surface area contributed by atoms with E-state index in [1.165, 1.54) is 5.56 Å². The Morgan fingerprint density at radius 1 is 1.10 bits per heavy atom. The largest absolute Gasteiger partial charge is 0.480 e. The first-order valence-electron chi connectivity index (χ1n) is 7.36. The Morgan fingerprint density at radius 2 is 1.76 bits per heavy atom. The molecular formula is C17H20N2O2. The van der Waals surface area contributed by atoms with Crippen molar-refractivity contribution in [2.45, 2.75) is 37.2 Å². The molecule has 0 unspecified atom stereocenters. The zero-order chi connectivity index (χ0) is 14.7. The third-order valence-corrected chi connectivity index (χ3v) is 4.38. The van der Waals surface area contributed by atoms with Crippen LogP contribution in [0.2, 0.25) is 0 Å². The average molecular weight is 284 g/mol. The maximum Gasteiger partial charge on any atom is 0.238 e. The van der Waals surface area contributed by atoms with E-state index in [0.717, 1.165) is 12.8 Å². The molecule has 21 heavy (non-hydrogen) atoms. The van der Waals surface area contributed by atoms with E-state index in [1.54, 1.807) is 19.5 Å². The van der Waals surface area contributed by atoms with Gasteiger partial charge in [0.15, 0.2) is 0 Å². The lowest BCUT2D eigenvalue weighted by atomic mass is 9.74. The summed E-state index contributed by atoms with van der Waals surface area (Å²) in [5.74, 6) is 0.937. The Labute approximate surface area is 124 Å². The van der Waals surface area contributed by atoms with Crippen molar-refractivity contribution in [1.29, 1.82) is 0 Å². The number of aromatic nitrogens is 2. The van der Waals surface area contributed by atoms with Crippen LogP contribution in [-0.4, -0.2) is 22.2 Å². The molecule has 4 heteroatoms. The summed E-state index contributed by atoms with van der Waals surface area (Å²) in [6.45, 7) is 0. The summed E-state index contributed by atoms with van der Waals surface area (Å²) in [6.07, 6.45) is 6.45. The zero-order valence-electron chi connectivity index (χ0n) is 12.2. The lowest BCUT2D eigenvalue weighted by Crippen LogP contribution is -2.32. The van der Waals surface area contributed by atoms with E-state index in [4.69, 9.17) is 4.74 Å². The molecule has 0 bridgehead atoms. The molecule has 0 aliphatic heterocycles. The van der Waals surface area contributed by atoms with Crippen molar-refractivity contribution < 1.29 is 9.84 Å². The molecule has 3 rings (SSSR count). The molecule has 0 spiro atoms. The minimum atomic E-state index is -0.926. The Kier molecular flexibility index (Phi) is 3.88. The number of ether oxygens (including phenoxy) is 1. The SMILES string of the molecule is COc1nccnc1C1(O)CCC(c2ccccc2)CC1. The van der Waals surface area contributed by atoms with Gasteiger partial charge < -0.3 is 9.84 Å². The standard InChI is InChI=1S/C17H20N2O2/c1-21-16-15(18-11-12-19-16)17(20)9-7-14(8-10-17)13-5-3-2-4-6-13/h2-6,11-12,14,20H,7-10H2,1H3. The van der Waals surface area contributed by atoms with E-state index in [-0.39, 0.29) is 0 Å². The van der Waals surface area contributed by atoms with Crippen LogP contribution in [0.5, 0.6) is 5.88 Å². The fourth-order valence-corrected chi connectivity index (χ4v) is 3.18. The Morgan fingerprint density at radius 3 is 2.43 bits per heavy atom. The van der Waals surface area contributed by atoms with Crippen molar-refractivity contribution in [2.75, 3.05) is 7.11 Å². The van der Waals surface area contributed by atoms with Gasteiger partial charge in [-0.1, -0.05) is 30.3 Å². The molecule has 4 nitrogen and oxygen atoms in total. The second kappa shape index (κ2) is 5.82. The first-order valence-corrected chi connectivity index (χ1v) is 7.36. The van der Waals surface area contributed by atoms with Crippen molar-refractivity contribution in [3.8, 4) is 5.88 Å². The predicted molar refractivity (Wildman–Crippen MR) is 80.1 cm³/mol. The molecule has 1 aliphatic rings. The van der Waals surface area contributed by atoms with E-state index >= 15 is 0 Å². The van der Waals surface area contributed by atoms with E-state index in [0.29, 0.717) is 30.3 Å². The third-order valence-electron chi connectivity index (χ3n) is 4.38. The Bertz CT molecular complexity index is 593. The van der Waals surface area contributed by atoms with E-state index in [1.807, 2.05) is 6.07 Å². The van der Waals surface area contributed by atoms with E-state index in [9.17, 15) is 5.11 Å². The molecule has 1 aromatic carbocycles. The fourth-order valence-electron chi connectivity index (χ4n) is 3.18. The van der Waals surface area contributed by atoms with Crippen LogP contribution in [0.1, 0.15) is 42.9 Å². The number of aliphatic hydroxyl groups is 1. The highest BCUT2D eigenvalue weighted by atomic mass is 16.5. The van der Waals surface area contributed by atoms with Gasteiger partial charge in [-0.2, -0.15) is 0 Å². The lowest BCUT2D eigenvalue weighted by molar-refractivity contribution is -0.0121. The molecule has 1 fully saturated rings. The summed E-state index contributed by atoms with van der Waals surface area (Å²) < 4.78 is 5.24. The number of rotatable bonds is 3. The molecule has 1 N–H and O–H groups in total. The number of methoxy groups -OCH3 is 1. The molecule has 2 aromatic rings. The van der Waals surface area contributed by atoms with Crippen LogP contribution in [0.4, 0.5) is 0 Å². The molecule has 0 saturated heterocycles. The maximum absolute atomic E-state index is 10.9. The molecular weight excluding hydrogens is 264 g/mol. The molecule has 0 radical (unpaired) electrons. The summed E-state index contributed by atoms with van der Waals surface area (Å²) >= 11 is 0. The molecule has 1 aromatic heterocycles. The number of nitrogens with zero attached hydrogens (tertiary/aromatic N) is 2. The number of hydrogen-bond acceptors (Lipinski definition) is 4. The van der Waals surface area contributed by atoms with Crippen LogP contribution in [0.15, 0.2) is 42.7 Å². The lowest BCUT2D eigenvalue weighted by Gasteiger charge is -2.36. The van der Waals surface area contributed by atoms with Crippen molar-refractivity contribution >= 4 is 0 Å².